The van der Waals surface area contributed by atoms with E-state index in [2.05, 4.69) is 5.32 Å². The minimum atomic E-state index is -1.15. The van der Waals surface area contributed by atoms with E-state index in [0.29, 0.717) is 33.1 Å². The predicted octanol–water partition coefficient (Wildman–Crippen LogP) is 4.34. The fourth-order valence-electron chi connectivity index (χ4n) is 6.79. The number of nitrogens with one attached hydrogen (secondary N) is 1. The van der Waals surface area contributed by atoms with E-state index >= 15 is 0 Å². The van der Waals surface area contributed by atoms with Crippen molar-refractivity contribution in [1.29, 1.82) is 0 Å². The summed E-state index contributed by atoms with van der Waals surface area (Å²) >= 11 is 6.31. The van der Waals surface area contributed by atoms with Crippen LogP contribution in [0.2, 0.25) is 5.02 Å². The van der Waals surface area contributed by atoms with Crippen molar-refractivity contribution in [2.24, 2.45) is 17.8 Å². The number of benzene rings is 3. The molecule has 7 rings (SSSR count). The molecule has 4 atom stereocenters. The maximum absolute atomic E-state index is 14.5. The molecule has 2 saturated heterocycles. The summed E-state index contributed by atoms with van der Waals surface area (Å²) in [4.78, 5) is 48.8. The monoisotopic (exact) mass is 524 g/mol. The van der Waals surface area contributed by atoms with Crippen molar-refractivity contribution < 1.29 is 9.59 Å². The quantitative estimate of drug-likeness (QED) is 0.394. The topological polar surface area (TPSA) is 84.3 Å². The zero-order chi connectivity index (χ0) is 26.5. The Kier molecular flexibility index (Phi) is 4.82. The summed E-state index contributed by atoms with van der Waals surface area (Å²) in [6, 6.07) is 19.7. The maximum Gasteiger partial charge on any atom is 0.266 e. The number of amides is 2. The molecule has 3 aliphatic rings. The van der Waals surface area contributed by atoms with Gasteiger partial charge in [-0.15, -0.1) is 0 Å². The molecule has 4 aromatic rings. The Morgan fingerprint density at radius 3 is 2.47 bits per heavy atom. The third kappa shape index (κ3) is 2.78. The van der Waals surface area contributed by atoms with Crippen LogP contribution >= 0.6 is 11.6 Å². The molecule has 2 fully saturated rings. The van der Waals surface area contributed by atoms with Gasteiger partial charge in [0.05, 0.1) is 34.1 Å². The number of anilines is 1. The first kappa shape index (κ1) is 23.3. The molecule has 7 nitrogen and oxygen atoms in total. The third-order valence-electron chi connectivity index (χ3n) is 8.43. The summed E-state index contributed by atoms with van der Waals surface area (Å²) in [5, 5.41) is 4.67. The predicted molar refractivity (Wildman–Crippen MR) is 146 cm³/mol. The first-order valence-corrected chi connectivity index (χ1v) is 13.2. The highest BCUT2D eigenvalue weighted by atomic mass is 35.5. The molecule has 0 radical (unpaired) electrons. The summed E-state index contributed by atoms with van der Waals surface area (Å²) < 4.78 is 1.62. The van der Waals surface area contributed by atoms with Gasteiger partial charge in [0.1, 0.15) is 11.4 Å². The van der Waals surface area contributed by atoms with Gasteiger partial charge in [0.2, 0.25) is 11.8 Å². The molecule has 1 spiro atoms. The number of hydrogen-bond donors (Lipinski definition) is 1. The molecular formula is C30H25ClN4O3. The molecular weight excluding hydrogens is 500 g/mol. The number of nitrogens with zero attached hydrogens (tertiary/aromatic N) is 3. The van der Waals surface area contributed by atoms with Gasteiger partial charge >= 0.3 is 0 Å². The van der Waals surface area contributed by atoms with Gasteiger partial charge in [-0.05, 0) is 48.7 Å². The fourth-order valence-corrected chi connectivity index (χ4v) is 6.95. The lowest BCUT2D eigenvalue weighted by atomic mass is 9.75. The SMILES string of the molecule is Cc1ccc(Cl)cc1N1C(=O)[C@H]2[C@@H](C(C)C)N[C@@]3(c4ccccc4-n4c3nc3ccccc3c4=O)[C@H]2C1=O. The van der Waals surface area contributed by atoms with Gasteiger partial charge in [0, 0.05) is 16.6 Å². The van der Waals surface area contributed by atoms with Gasteiger partial charge in [-0.25, -0.2) is 9.88 Å². The first-order chi connectivity index (χ1) is 18.3. The second-order valence-corrected chi connectivity index (χ2v) is 11.2. The van der Waals surface area contributed by atoms with E-state index in [4.69, 9.17) is 16.6 Å². The van der Waals surface area contributed by atoms with Crippen molar-refractivity contribution in [3.05, 3.63) is 99.1 Å². The van der Waals surface area contributed by atoms with Crippen molar-refractivity contribution >= 4 is 40.0 Å². The van der Waals surface area contributed by atoms with Gasteiger partial charge in [-0.1, -0.05) is 61.8 Å². The van der Waals surface area contributed by atoms with E-state index in [1.807, 2.05) is 69.3 Å². The Morgan fingerprint density at radius 2 is 1.68 bits per heavy atom. The minimum Gasteiger partial charge on any atom is -0.296 e. The fraction of sp³-hybridized carbons (Fsp3) is 0.267. The molecule has 1 aromatic heterocycles. The number of carbonyl (C=O) groups excluding carboxylic acids is 2. The molecule has 3 aliphatic heterocycles. The Labute approximate surface area is 224 Å². The van der Waals surface area contributed by atoms with E-state index in [9.17, 15) is 14.4 Å². The lowest BCUT2D eigenvalue weighted by Gasteiger charge is -2.32. The number of carbonyl (C=O) groups is 2. The molecule has 0 saturated carbocycles. The lowest BCUT2D eigenvalue weighted by molar-refractivity contribution is -0.123. The summed E-state index contributed by atoms with van der Waals surface area (Å²) in [7, 11) is 0. The number of aromatic nitrogens is 2. The van der Waals surface area contributed by atoms with E-state index in [1.54, 1.807) is 22.8 Å². The van der Waals surface area contributed by atoms with Gasteiger partial charge in [-0.2, -0.15) is 0 Å². The van der Waals surface area contributed by atoms with Crippen molar-refractivity contribution in [2.75, 3.05) is 4.90 Å². The molecule has 8 heteroatoms. The Bertz CT molecular complexity index is 1760. The molecule has 4 heterocycles. The van der Waals surface area contributed by atoms with E-state index < -0.39 is 17.4 Å². The number of imide groups is 1. The van der Waals surface area contributed by atoms with Crippen LogP contribution in [0.4, 0.5) is 5.69 Å². The number of aryl methyl sites for hydroxylation is 1. The van der Waals surface area contributed by atoms with E-state index in [-0.39, 0.29) is 29.3 Å². The molecule has 0 bridgehead atoms. The van der Waals surface area contributed by atoms with Crippen molar-refractivity contribution in [2.45, 2.75) is 32.4 Å². The Morgan fingerprint density at radius 1 is 0.947 bits per heavy atom. The van der Waals surface area contributed by atoms with Crippen LogP contribution in [0.25, 0.3) is 16.6 Å². The molecule has 190 valence electrons. The van der Waals surface area contributed by atoms with E-state index in [0.717, 1.165) is 11.1 Å². The Balaban J connectivity index is 1.54. The average Bonchev–Trinajstić information content (AvgIpc) is 3.50. The van der Waals surface area contributed by atoms with E-state index in [1.165, 1.54) is 4.90 Å². The van der Waals surface area contributed by atoms with Crippen LogP contribution in [-0.4, -0.2) is 27.4 Å². The number of hydrogen-bond acceptors (Lipinski definition) is 5. The molecule has 2 amide bonds. The normalized spacial score (nSPS) is 25.5. The number of halogens is 1. The van der Waals surface area contributed by atoms with Crippen LogP contribution in [0, 0.1) is 24.7 Å². The van der Waals surface area contributed by atoms with Gasteiger partial charge < -0.3 is 0 Å². The summed E-state index contributed by atoms with van der Waals surface area (Å²) in [5.74, 6) is -1.51. The average molecular weight is 525 g/mol. The van der Waals surface area contributed by atoms with Crippen molar-refractivity contribution in [3.63, 3.8) is 0 Å². The minimum absolute atomic E-state index is 0.0347. The Hall–Kier alpha value is -3.81. The molecule has 0 aliphatic carbocycles. The molecule has 38 heavy (non-hydrogen) atoms. The second-order valence-electron chi connectivity index (χ2n) is 10.8. The van der Waals surface area contributed by atoms with Crippen LogP contribution < -0.4 is 15.8 Å². The number of para-hydroxylation sites is 2. The number of rotatable bonds is 2. The maximum atomic E-state index is 14.5. The highest BCUT2D eigenvalue weighted by molar-refractivity contribution is 6.31. The third-order valence-corrected chi connectivity index (χ3v) is 8.66. The first-order valence-electron chi connectivity index (χ1n) is 12.8. The van der Waals surface area contributed by atoms with Crippen LogP contribution in [0.3, 0.4) is 0 Å². The summed E-state index contributed by atoms with van der Waals surface area (Å²) in [5.41, 5.74) is 1.96. The van der Waals surface area contributed by atoms with Gasteiger partial charge in [-0.3, -0.25) is 24.3 Å². The highest BCUT2D eigenvalue weighted by Crippen LogP contribution is 2.56. The largest absolute Gasteiger partial charge is 0.296 e. The van der Waals surface area contributed by atoms with Gasteiger partial charge in [0.25, 0.3) is 5.56 Å². The van der Waals surface area contributed by atoms with Crippen LogP contribution in [0.1, 0.15) is 30.8 Å². The standard InChI is InChI=1S/C30H25ClN4O3/c1-15(2)25-23-24(28(38)34(27(23)37)22-14-17(31)13-12-16(22)3)30(33-25)19-9-5-7-11-21(19)35-26(36)18-8-4-6-10-20(18)32-29(30)35/h4-15,23-25,33H,1-3H3/t23-,24-,25-,30+/m1/s1. The van der Waals surface area contributed by atoms with Gasteiger partial charge in [0.15, 0.2) is 0 Å². The van der Waals surface area contributed by atoms with Crippen molar-refractivity contribution in [1.82, 2.24) is 14.9 Å². The summed E-state index contributed by atoms with van der Waals surface area (Å²) in [6.07, 6.45) is 0. The lowest BCUT2D eigenvalue weighted by Crippen LogP contribution is -2.51. The summed E-state index contributed by atoms with van der Waals surface area (Å²) in [6.45, 7) is 5.95. The second kappa shape index (κ2) is 7.85. The molecule has 0 unspecified atom stereocenters. The zero-order valence-electron chi connectivity index (χ0n) is 21.1. The van der Waals surface area contributed by atoms with Crippen LogP contribution in [-0.2, 0) is 15.1 Å². The van der Waals surface area contributed by atoms with Crippen molar-refractivity contribution in [3.8, 4) is 5.69 Å². The molecule has 3 aromatic carbocycles. The van der Waals surface area contributed by atoms with Crippen LogP contribution in [0.15, 0.2) is 71.5 Å². The molecule has 1 N–H and O–H groups in total. The van der Waals surface area contributed by atoms with Crippen LogP contribution in [0.5, 0.6) is 0 Å². The smallest absolute Gasteiger partial charge is 0.266 e. The zero-order valence-corrected chi connectivity index (χ0v) is 21.9. The number of fused-ring (bicyclic) bond motifs is 8. The highest BCUT2D eigenvalue weighted by Gasteiger charge is 2.70.